The molecule has 0 aromatic heterocycles. The van der Waals surface area contributed by atoms with E-state index in [0.717, 1.165) is 17.0 Å². The second kappa shape index (κ2) is 5.48. The van der Waals surface area contributed by atoms with Crippen LogP contribution in [0.15, 0.2) is 18.2 Å². The van der Waals surface area contributed by atoms with Crippen molar-refractivity contribution in [2.24, 2.45) is 5.84 Å². The van der Waals surface area contributed by atoms with E-state index in [2.05, 4.69) is 10.7 Å². The smallest absolute Gasteiger partial charge is 0.221 e. The molecule has 1 atom stereocenters. The zero-order valence-electron chi connectivity index (χ0n) is 9.70. The summed E-state index contributed by atoms with van der Waals surface area (Å²) in [6.45, 7) is 3.38. The van der Waals surface area contributed by atoms with Gasteiger partial charge in [0.1, 0.15) is 5.75 Å². The van der Waals surface area contributed by atoms with E-state index in [1.807, 2.05) is 13.0 Å². The number of rotatable bonds is 4. The fraction of sp³-hybridized carbons (Fsp3) is 0.364. The van der Waals surface area contributed by atoms with Crippen molar-refractivity contribution >= 4 is 11.6 Å². The highest BCUT2D eigenvalue weighted by atomic mass is 16.5. The molecule has 1 unspecified atom stereocenters. The molecule has 0 aliphatic carbocycles. The van der Waals surface area contributed by atoms with E-state index in [-0.39, 0.29) is 11.9 Å². The highest BCUT2D eigenvalue weighted by molar-refractivity contribution is 5.88. The third-order valence-corrected chi connectivity index (χ3v) is 2.27. The Bertz CT molecular complexity index is 379. The minimum atomic E-state index is -0.107. The number of benzene rings is 1. The number of anilines is 1. The lowest BCUT2D eigenvalue weighted by molar-refractivity contribution is -0.114. The van der Waals surface area contributed by atoms with Crippen LogP contribution in [-0.4, -0.2) is 13.0 Å². The number of hydrogen-bond acceptors (Lipinski definition) is 4. The van der Waals surface area contributed by atoms with E-state index < -0.39 is 0 Å². The predicted molar refractivity (Wildman–Crippen MR) is 63.0 cm³/mol. The third-order valence-electron chi connectivity index (χ3n) is 2.27. The first-order valence-corrected chi connectivity index (χ1v) is 5.00. The SMILES string of the molecule is COc1ccc(NC(C)=O)cc1C(C)NN. The van der Waals surface area contributed by atoms with Crippen LogP contribution in [-0.2, 0) is 4.79 Å². The summed E-state index contributed by atoms with van der Waals surface area (Å²) >= 11 is 0. The van der Waals surface area contributed by atoms with Gasteiger partial charge in [-0.15, -0.1) is 0 Å². The van der Waals surface area contributed by atoms with Crippen LogP contribution in [0.5, 0.6) is 5.75 Å². The van der Waals surface area contributed by atoms with E-state index >= 15 is 0 Å². The highest BCUT2D eigenvalue weighted by Crippen LogP contribution is 2.27. The second-order valence-corrected chi connectivity index (χ2v) is 3.53. The van der Waals surface area contributed by atoms with Crippen molar-refractivity contribution in [3.05, 3.63) is 23.8 Å². The standard InChI is InChI=1S/C11H17N3O2/c1-7(14-12)10-6-9(13-8(2)15)4-5-11(10)16-3/h4-7,14H,12H2,1-3H3,(H,13,15). The van der Waals surface area contributed by atoms with Gasteiger partial charge in [0.25, 0.3) is 0 Å². The molecular formula is C11H17N3O2. The Labute approximate surface area is 94.9 Å². The van der Waals surface area contributed by atoms with Crippen LogP contribution in [0, 0.1) is 0 Å². The fourth-order valence-electron chi connectivity index (χ4n) is 1.44. The summed E-state index contributed by atoms with van der Waals surface area (Å²) in [7, 11) is 1.60. The first-order chi connectivity index (χ1) is 7.58. The number of ether oxygens (including phenoxy) is 1. The molecule has 88 valence electrons. The number of carbonyl (C=O) groups excluding carboxylic acids is 1. The number of hydrogen-bond donors (Lipinski definition) is 3. The molecule has 16 heavy (non-hydrogen) atoms. The van der Waals surface area contributed by atoms with Crippen LogP contribution in [0.3, 0.4) is 0 Å². The van der Waals surface area contributed by atoms with Crippen molar-refractivity contribution in [3.63, 3.8) is 0 Å². The first-order valence-electron chi connectivity index (χ1n) is 5.00. The second-order valence-electron chi connectivity index (χ2n) is 3.53. The maximum absolute atomic E-state index is 10.9. The number of nitrogens with two attached hydrogens (primary N) is 1. The summed E-state index contributed by atoms with van der Waals surface area (Å²) in [5.74, 6) is 6.01. The number of nitrogens with one attached hydrogen (secondary N) is 2. The van der Waals surface area contributed by atoms with Crippen molar-refractivity contribution in [1.82, 2.24) is 5.43 Å². The number of carbonyl (C=O) groups is 1. The molecule has 0 saturated carbocycles. The maximum atomic E-state index is 10.9. The summed E-state index contributed by atoms with van der Waals surface area (Å²) in [5.41, 5.74) is 4.27. The monoisotopic (exact) mass is 223 g/mol. The van der Waals surface area contributed by atoms with Crippen molar-refractivity contribution in [1.29, 1.82) is 0 Å². The lowest BCUT2D eigenvalue weighted by atomic mass is 10.1. The third kappa shape index (κ3) is 2.95. The fourth-order valence-corrected chi connectivity index (χ4v) is 1.44. The Kier molecular flexibility index (Phi) is 4.28. The molecular weight excluding hydrogens is 206 g/mol. The van der Waals surface area contributed by atoms with Crippen LogP contribution >= 0.6 is 0 Å². The molecule has 0 saturated heterocycles. The van der Waals surface area contributed by atoms with E-state index in [1.54, 1.807) is 19.2 Å². The van der Waals surface area contributed by atoms with E-state index in [0.29, 0.717) is 0 Å². The lowest BCUT2D eigenvalue weighted by Crippen LogP contribution is -2.26. The van der Waals surface area contributed by atoms with Gasteiger partial charge in [0.05, 0.1) is 7.11 Å². The molecule has 1 rings (SSSR count). The number of methoxy groups -OCH3 is 1. The molecule has 1 aromatic carbocycles. The summed E-state index contributed by atoms with van der Waals surface area (Å²) in [5, 5.41) is 2.71. The van der Waals surface area contributed by atoms with Gasteiger partial charge in [-0.3, -0.25) is 16.1 Å². The molecule has 5 heteroatoms. The van der Waals surface area contributed by atoms with Gasteiger partial charge < -0.3 is 10.1 Å². The van der Waals surface area contributed by atoms with Crippen LogP contribution in [0.1, 0.15) is 25.5 Å². The molecule has 0 radical (unpaired) electrons. The van der Waals surface area contributed by atoms with Crippen molar-refractivity contribution in [3.8, 4) is 5.75 Å². The quantitative estimate of drug-likeness (QED) is 0.529. The summed E-state index contributed by atoms with van der Waals surface area (Å²) in [6, 6.07) is 5.37. The molecule has 4 N–H and O–H groups in total. The average molecular weight is 223 g/mol. The topological polar surface area (TPSA) is 76.4 Å². The molecule has 0 heterocycles. The van der Waals surface area contributed by atoms with Gasteiger partial charge in [0.2, 0.25) is 5.91 Å². The minimum Gasteiger partial charge on any atom is -0.496 e. The van der Waals surface area contributed by atoms with E-state index in [4.69, 9.17) is 10.6 Å². The zero-order chi connectivity index (χ0) is 12.1. The normalized spacial score (nSPS) is 12.0. The van der Waals surface area contributed by atoms with Gasteiger partial charge >= 0.3 is 0 Å². The zero-order valence-corrected chi connectivity index (χ0v) is 9.70. The van der Waals surface area contributed by atoms with Gasteiger partial charge in [0, 0.05) is 24.2 Å². The minimum absolute atomic E-state index is 0.0522. The lowest BCUT2D eigenvalue weighted by Gasteiger charge is -2.16. The highest BCUT2D eigenvalue weighted by Gasteiger charge is 2.11. The number of amides is 1. The van der Waals surface area contributed by atoms with Crippen LogP contribution < -0.4 is 21.3 Å². The maximum Gasteiger partial charge on any atom is 0.221 e. The van der Waals surface area contributed by atoms with Crippen molar-refractivity contribution in [2.45, 2.75) is 19.9 Å². The van der Waals surface area contributed by atoms with Crippen LogP contribution in [0.25, 0.3) is 0 Å². The average Bonchev–Trinajstić information content (AvgIpc) is 2.27. The Morgan fingerprint density at radius 2 is 2.19 bits per heavy atom. The number of hydrazine groups is 1. The predicted octanol–water partition coefficient (Wildman–Crippen LogP) is 1.18. The molecule has 0 spiro atoms. The molecule has 1 amide bonds. The van der Waals surface area contributed by atoms with Gasteiger partial charge in [0.15, 0.2) is 0 Å². The van der Waals surface area contributed by atoms with Crippen LogP contribution in [0.2, 0.25) is 0 Å². The van der Waals surface area contributed by atoms with Gasteiger partial charge in [-0.05, 0) is 25.1 Å². The largest absolute Gasteiger partial charge is 0.496 e. The van der Waals surface area contributed by atoms with Gasteiger partial charge in [-0.25, -0.2) is 0 Å². The summed E-state index contributed by atoms with van der Waals surface area (Å²) < 4.78 is 5.22. The van der Waals surface area contributed by atoms with E-state index in [1.165, 1.54) is 6.92 Å². The first kappa shape index (κ1) is 12.5. The molecule has 0 aliphatic heterocycles. The Hall–Kier alpha value is -1.59. The van der Waals surface area contributed by atoms with Crippen molar-refractivity contribution in [2.75, 3.05) is 12.4 Å². The van der Waals surface area contributed by atoms with Crippen LogP contribution in [0.4, 0.5) is 5.69 Å². The molecule has 0 aliphatic rings. The Balaban J connectivity index is 3.05. The van der Waals surface area contributed by atoms with Gasteiger partial charge in [-0.2, -0.15) is 0 Å². The van der Waals surface area contributed by atoms with Gasteiger partial charge in [-0.1, -0.05) is 0 Å². The summed E-state index contributed by atoms with van der Waals surface area (Å²) in [4.78, 5) is 10.9. The van der Waals surface area contributed by atoms with E-state index in [9.17, 15) is 4.79 Å². The molecule has 5 nitrogen and oxygen atoms in total. The Morgan fingerprint density at radius 3 is 2.69 bits per heavy atom. The Morgan fingerprint density at radius 1 is 1.50 bits per heavy atom. The molecule has 0 bridgehead atoms. The molecule has 1 aromatic rings. The molecule has 0 fully saturated rings. The van der Waals surface area contributed by atoms with Crippen molar-refractivity contribution < 1.29 is 9.53 Å². The summed E-state index contributed by atoms with van der Waals surface area (Å²) in [6.07, 6.45) is 0.